The molecule has 0 unspecified atom stereocenters. The first-order chi connectivity index (χ1) is 10.6. The first-order valence-electron chi connectivity index (χ1n) is 6.78. The minimum Gasteiger partial charge on any atom is -0.512 e. The van der Waals surface area contributed by atoms with Crippen molar-refractivity contribution in [1.29, 1.82) is 0 Å². The number of benzene rings is 1. The smallest absolute Gasteiger partial charge is 0.343 e. The molecule has 1 aromatic carbocycles. The number of hydrogen-bond donors (Lipinski definition) is 1. The van der Waals surface area contributed by atoms with Gasteiger partial charge >= 0.3 is 5.97 Å². The summed E-state index contributed by atoms with van der Waals surface area (Å²) in [6.45, 7) is 6.05. The van der Waals surface area contributed by atoms with E-state index in [1.54, 1.807) is 26.0 Å². The van der Waals surface area contributed by atoms with Crippen molar-refractivity contribution in [3.05, 3.63) is 41.7 Å². The second-order valence-corrected chi connectivity index (χ2v) is 3.86. The number of aliphatic hydroxyl groups excluding tert-OH is 1. The van der Waals surface area contributed by atoms with Crippen molar-refractivity contribution >= 4 is 24.3 Å². The number of rotatable bonds is 6. The summed E-state index contributed by atoms with van der Waals surface area (Å²) in [6.07, 6.45) is 1.31. The van der Waals surface area contributed by atoms with Crippen molar-refractivity contribution in [2.45, 2.75) is 20.8 Å². The third-order valence-electron chi connectivity index (χ3n) is 2.22. The van der Waals surface area contributed by atoms with Crippen LogP contribution in [-0.2, 0) is 19.1 Å². The van der Waals surface area contributed by atoms with Crippen LogP contribution in [0.25, 0.3) is 0 Å². The van der Waals surface area contributed by atoms with E-state index in [1.807, 2.05) is 18.2 Å². The van der Waals surface area contributed by atoms with Gasteiger partial charge in [0.1, 0.15) is 11.3 Å². The molecule has 0 aliphatic heterocycles. The molecule has 0 bridgehead atoms. The molecule has 0 aliphatic rings. The lowest BCUT2D eigenvalue weighted by Crippen LogP contribution is -2.10. The van der Waals surface area contributed by atoms with Crippen LogP contribution in [0.15, 0.2) is 46.7 Å². The van der Waals surface area contributed by atoms with Crippen LogP contribution in [0.2, 0.25) is 0 Å². The summed E-state index contributed by atoms with van der Waals surface area (Å²) in [7, 11) is 0. The van der Waals surface area contributed by atoms with Gasteiger partial charge in [0.15, 0.2) is 0 Å². The first kappa shape index (κ1) is 19.4. The molecular weight excluding hydrogens is 286 g/mol. The molecule has 6 nitrogen and oxygen atoms in total. The maximum absolute atomic E-state index is 11.5. The summed E-state index contributed by atoms with van der Waals surface area (Å²) in [5.41, 5.74) is 0.770. The van der Waals surface area contributed by atoms with Gasteiger partial charge in [-0.2, -0.15) is 0 Å². The molecule has 0 saturated heterocycles. The summed E-state index contributed by atoms with van der Waals surface area (Å²) >= 11 is 0. The molecule has 0 aromatic heterocycles. The molecule has 0 atom stereocenters. The molecule has 0 heterocycles. The van der Waals surface area contributed by atoms with Crippen LogP contribution in [0.5, 0.6) is 0 Å². The van der Waals surface area contributed by atoms with Crippen LogP contribution in [0, 0.1) is 0 Å². The fourth-order valence-corrected chi connectivity index (χ4v) is 1.22. The van der Waals surface area contributed by atoms with Crippen LogP contribution in [0.4, 0.5) is 5.69 Å². The van der Waals surface area contributed by atoms with Crippen molar-refractivity contribution in [1.82, 2.24) is 0 Å². The molecular formula is C16H21NO5. The molecule has 120 valence electrons. The average molecular weight is 307 g/mol. The molecule has 1 N–H and O–H groups in total. The van der Waals surface area contributed by atoms with E-state index in [0.29, 0.717) is 18.8 Å². The number of hydrogen-bond acceptors (Lipinski definition) is 6. The molecule has 0 aliphatic carbocycles. The van der Waals surface area contributed by atoms with E-state index in [4.69, 9.17) is 4.74 Å². The fraction of sp³-hybridized carbons (Fsp3) is 0.312. The SMILES string of the molecule is CCOC(=O)C(C=Nc1ccccc1)=C(C)O.CCOC=O. The zero-order chi connectivity index (χ0) is 16.8. The lowest BCUT2D eigenvalue weighted by atomic mass is 10.2. The van der Waals surface area contributed by atoms with Crippen LogP contribution in [0.1, 0.15) is 20.8 Å². The summed E-state index contributed by atoms with van der Waals surface area (Å²) in [5, 5.41) is 9.37. The summed E-state index contributed by atoms with van der Waals surface area (Å²) in [5.74, 6) is -0.685. The monoisotopic (exact) mass is 307 g/mol. The van der Waals surface area contributed by atoms with Crippen LogP contribution >= 0.6 is 0 Å². The normalized spacial score (nSPS) is 11.0. The van der Waals surface area contributed by atoms with E-state index in [0.717, 1.165) is 0 Å². The lowest BCUT2D eigenvalue weighted by molar-refractivity contribution is -0.138. The molecule has 0 amide bonds. The number of carbonyl (C=O) groups excluding carboxylic acids is 2. The van der Waals surface area contributed by atoms with Gasteiger partial charge in [0, 0.05) is 6.21 Å². The molecule has 1 rings (SSSR count). The number of aliphatic hydroxyl groups is 1. The van der Waals surface area contributed by atoms with Gasteiger partial charge in [-0.15, -0.1) is 0 Å². The predicted octanol–water partition coefficient (Wildman–Crippen LogP) is 2.96. The van der Waals surface area contributed by atoms with E-state index in [1.165, 1.54) is 13.1 Å². The molecule has 1 aromatic rings. The lowest BCUT2D eigenvalue weighted by Gasteiger charge is -2.02. The molecule has 6 heteroatoms. The molecule has 0 fully saturated rings. The maximum Gasteiger partial charge on any atom is 0.343 e. The van der Waals surface area contributed by atoms with Crippen LogP contribution in [-0.4, -0.2) is 37.0 Å². The topological polar surface area (TPSA) is 85.2 Å². The number of aliphatic imine (C=N–C) groups is 1. The zero-order valence-electron chi connectivity index (χ0n) is 13.0. The van der Waals surface area contributed by atoms with Gasteiger partial charge < -0.3 is 14.6 Å². The number of carbonyl (C=O) groups is 2. The summed E-state index contributed by atoms with van der Waals surface area (Å²) in [4.78, 5) is 24.7. The number of esters is 1. The Hall–Kier alpha value is -2.63. The van der Waals surface area contributed by atoms with Gasteiger partial charge in [-0.25, -0.2) is 4.79 Å². The van der Waals surface area contributed by atoms with E-state index in [9.17, 15) is 14.7 Å². The second-order valence-electron chi connectivity index (χ2n) is 3.86. The Kier molecular flexibility index (Phi) is 10.7. The van der Waals surface area contributed by atoms with Crippen LogP contribution in [0.3, 0.4) is 0 Å². The Morgan fingerprint density at radius 1 is 1.23 bits per heavy atom. The van der Waals surface area contributed by atoms with Crippen molar-refractivity contribution in [2.24, 2.45) is 4.99 Å². The molecule has 0 saturated carbocycles. The number of para-hydroxylation sites is 1. The highest BCUT2D eigenvalue weighted by molar-refractivity contribution is 6.10. The second kappa shape index (κ2) is 12.1. The third-order valence-corrected chi connectivity index (χ3v) is 2.22. The first-order valence-corrected chi connectivity index (χ1v) is 6.78. The Labute approximate surface area is 130 Å². The number of ether oxygens (including phenoxy) is 2. The largest absolute Gasteiger partial charge is 0.512 e. The Bertz CT molecular complexity index is 505. The molecule has 22 heavy (non-hydrogen) atoms. The van der Waals surface area contributed by atoms with Gasteiger partial charge in [0.2, 0.25) is 0 Å². The highest BCUT2D eigenvalue weighted by atomic mass is 16.5. The quantitative estimate of drug-likeness (QED) is 0.287. The van der Waals surface area contributed by atoms with E-state index >= 15 is 0 Å². The van der Waals surface area contributed by atoms with E-state index in [-0.39, 0.29) is 17.9 Å². The van der Waals surface area contributed by atoms with E-state index in [2.05, 4.69) is 9.73 Å². The van der Waals surface area contributed by atoms with Gasteiger partial charge in [-0.3, -0.25) is 9.79 Å². The highest BCUT2D eigenvalue weighted by Crippen LogP contribution is 2.11. The van der Waals surface area contributed by atoms with Gasteiger partial charge in [-0.05, 0) is 32.9 Å². The molecule has 0 radical (unpaired) electrons. The Balaban J connectivity index is 0.000000763. The summed E-state index contributed by atoms with van der Waals surface area (Å²) < 4.78 is 8.96. The summed E-state index contributed by atoms with van der Waals surface area (Å²) in [6, 6.07) is 9.15. The average Bonchev–Trinajstić information content (AvgIpc) is 2.50. The maximum atomic E-state index is 11.5. The minimum absolute atomic E-state index is 0.0655. The van der Waals surface area contributed by atoms with Gasteiger partial charge in [-0.1, -0.05) is 18.2 Å². The van der Waals surface area contributed by atoms with Crippen LogP contribution < -0.4 is 0 Å². The molecule has 0 spiro atoms. The predicted molar refractivity (Wildman–Crippen MR) is 84.2 cm³/mol. The van der Waals surface area contributed by atoms with Gasteiger partial charge in [0.05, 0.1) is 18.9 Å². The standard InChI is InChI=1S/C13H15NO3.C3H6O2/c1-3-17-13(16)12(10(2)15)9-14-11-7-5-4-6-8-11;1-2-5-3-4/h4-9,15H,3H2,1-2H3;3H,2H2,1H3. The van der Waals surface area contributed by atoms with Gasteiger partial charge in [0.25, 0.3) is 6.47 Å². The van der Waals surface area contributed by atoms with Crippen molar-refractivity contribution in [2.75, 3.05) is 13.2 Å². The Morgan fingerprint density at radius 2 is 1.86 bits per heavy atom. The minimum atomic E-state index is -0.577. The third kappa shape index (κ3) is 8.52. The number of nitrogens with zero attached hydrogens (tertiary/aromatic N) is 1. The van der Waals surface area contributed by atoms with Crippen molar-refractivity contribution in [3.63, 3.8) is 0 Å². The van der Waals surface area contributed by atoms with Crippen molar-refractivity contribution < 1.29 is 24.2 Å². The Morgan fingerprint density at radius 3 is 2.27 bits per heavy atom. The van der Waals surface area contributed by atoms with Crippen molar-refractivity contribution in [3.8, 4) is 0 Å². The zero-order valence-corrected chi connectivity index (χ0v) is 13.0. The van der Waals surface area contributed by atoms with E-state index < -0.39 is 5.97 Å². The highest BCUT2D eigenvalue weighted by Gasteiger charge is 2.11. The fourth-order valence-electron chi connectivity index (χ4n) is 1.22. The number of allylic oxidation sites excluding steroid dienone is 1.